The highest BCUT2D eigenvalue weighted by molar-refractivity contribution is 8.01. The standard InChI is InChI=1S/C17H15NOS/c1-3-11-18-16(19)12(2)20-17(18)15-10-6-8-13-7-4-5-9-14(13)15/h4-10,12,17H,1-2H3. The number of benzene rings is 2. The molecule has 1 heterocycles. The van der Waals surface area contributed by atoms with E-state index in [2.05, 4.69) is 36.2 Å². The molecule has 0 bridgehead atoms. The first-order valence-corrected chi connectivity index (χ1v) is 7.55. The zero-order chi connectivity index (χ0) is 14.1. The maximum atomic E-state index is 12.2. The Morgan fingerprint density at radius 1 is 1.15 bits per heavy atom. The zero-order valence-electron chi connectivity index (χ0n) is 11.5. The highest BCUT2D eigenvalue weighted by atomic mass is 32.2. The zero-order valence-corrected chi connectivity index (χ0v) is 12.3. The van der Waals surface area contributed by atoms with Crippen molar-refractivity contribution < 1.29 is 4.79 Å². The SMILES string of the molecule is CC#CN1C(=O)C(C)SC1c1cccc2ccccc12. The molecule has 3 rings (SSSR count). The summed E-state index contributed by atoms with van der Waals surface area (Å²) in [5, 5.41) is 2.33. The molecule has 2 unspecified atom stereocenters. The van der Waals surface area contributed by atoms with Gasteiger partial charge < -0.3 is 0 Å². The molecule has 0 radical (unpaired) electrons. The summed E-state index contributed by atoms with van der Waals surface area (Å²) in [6.45, 7) is 3.71. The average Bonchev–Trinajstić information content (AvgIpc) is 2.75. The van der Waals surface area contributed by atoms with Gasteiger partial charge >= 0.3 is 0 Å². The number of rotatable bonds is 1. The Hall–Kier alpha value is -1.92. The summed E-state index contributed by atoms with van der Waals surface area (Å²) in [6, 6.07) is 17.5. The molecule has 0 spiro atoms. The van der Waals surface area contributed by atoms with Crippen molar-refractivity contribution in [2.24, 2.45) is 0 Å². The monoisotopic (exact) mass is 281 g/mol. The van der Waals surface area contributed by atoms with E-state index in [1.807, 2.05) is 25.1 Å². The fourth-order valence-electron chi connectivity index (χ4n) is 2.54. The second kappa shape index (κ2) is 5.22. The molecule has 2 nitrogen and oxygen atoms in total. The van der Waals surface area contributed by atoms with E-state index in [1.165, 1.54) is 10.8 Å². The number of carbonyl (C=O) groups excluding carboxylic acids is 1. The normalized spacial score (nSPS) is 21.9. The van der Waals surface area contributed by atoms with Crippen LogP contribution < -0.4 is 0 Å². The number of fused-ring (bicyclic) bond motifs is 1. The predicted molar refractivity (Wildman–Crippen MR) is 84.0 cm³/mol. The number of hydrogen-bond acceptors (Lipinski definition) is 2. The molecule has 1 aliphatic heterocycles. The van der Waals surface area contributed by atoms with E-state index in [-0.39, 0.29) is 16.5 Å². The molecule has 1 fully saturated rings. The van der Waals surface area contributed by atoms with Gasteiger partial charge in [-0.1, -0.05) is 48.4 Å². The summed E-state index contributed by atoms with van der Waals surface area (Å²) in [5.41, 5.74) is 1.16. The summed E-state index contributed by atoms with van der Waals surface area (Å²) < 4.78 is 0. The maximum Gasteiger partial charge on any atom is 0.248 e. The van der Waals surface area contributed by atoms with Crippen molar-refractivity contribution in [3.63, 3.8) is 0 Å². The van der Waals surface area contributed by atoms with Crippen LogP contribution in [-0.2, 0) is 4.79 Å². The fraction of sp³-hybridized carbons (Fsp3) is 0.235. The van der Waals surface area contributed by atoms with Gasteiger partial charge in [0.05, 0.1) is 5.25 Å². The lowest BCUT2D eigenvalue weighted by Crippen LogP contribution is -2.25. The van der Waals surface area contributed by atoms with Crippen molar-refractivity contribution in [3.05, 3.63) is 48.0 Å². The number of carbonyl (C=O) groups is 1. The molecule has 2 aromatic rings. The minimum atomic E-state index is -0.0418. The van der Waals surface area contributed by atoms with Gasteiger partial charge in [-0.25, -0.2) is 0 Å². The molecule has 0 saturated carbocycles. The molecule has 0 aromatic heterocycles. The fourth-order valence-corrected chi connectivity index (χ4v) is 3.78. The number of amides is 1. The van der Waals surface area contributed by atoms with Crippen molar-refractivity contribution in [1.82, 2.24) is 4.90 Å². The summed E-state index contributed by atoms with van der Waals surface area (Å²) in [5.74, 6) is 2.95. The third-order valence-electron chi connectivity index (χ3n) is 3.47. The van der Waals surface area contributed by atoms with Crippen molar-refractivity contribution in [2.75, 3.05) is 0 Å². The van der Waals surface area contributed by atoms with Gasteiger partial charge in [0.15, 0.2) is 0 Å². The van der Waals surface area contributed by atoms with Crippen LogP contribution in [-0.4, -0.2) is 16.1 Å². The number of nitrogens with zero attached hydrogens (tertiary/aromatic N) is 1. The van der Waals surface area contributed by atoms with Crippen LogP contribution in [0.2, 0.25) is 0 Å². The highest BCUT2D eigenvalue weighted by Gasteiger charge is 2.38. The van der Waals surface area contributed by atoms with Crippen LogP contribution >= 0.6 is 11.8 Å². The first-order chi connectivity index (χ1) is 9.72. The quantitative estimate of drug-likeness (QED) is 0.741. The number of thioether (sulfide) groups is 1. The van der Waals surface area contributed by atoms with Crippen molar-refractivity contribution in [3.8, 4) is 12.0 Å². The Morgan fingerprint density at radius 3 is 2.70 bits per heavy atom. The van der Waals surface area contributed by atoms with Crippen LogP contribution in [0.15, 0.2) is 42.5 Å². The topological polar surface area (TPSA) is 20.3 Å². The van der Waals surface area contributed by atoms with Gasteiger partial charge in [0.2, 0.25) is 5.91 Å². The lowest BCUT2D eigenvalue weighted by Gasteiger charge is -2.19. The van der Waals surface area contributed by atoms with E-state index in [0.717, 1.165) is 5.56 Å². The molecule has 100 valence electrons. The van der Waals surface area contributed by atoms with Gasteiger partial charge in [0, 0.05) is 6.04 Å². The Kier molecular flexibility index (Phi) is 3.42. The number of hydrogen-bond donors (Lipinski definition) is 0. The van der Waals surface area contributed by atoms with Crippen molar-refractivity contribution >= 4 is 28.4 Å². The second-order valence-electron chi connectivity index (χ2n) is 4.77. The molecule has 1 amide bonds. The average molecular weight is 281 g/mol. The first kappa shape index (κ1) is 13.1. The van der Waals surface area contributed by atoms with Crippen LogP contribution in [0.3, 0.4) is 0 Å². The van der Waals surface area contributed by atoms with Crippen LogP contribution in [0.5, 0.6) is 0 Å². The van der Waals surface area contributed by atoms with Gasteiger partial charge in [-0.2, -0.15) is 0 Å². The third kappa shape index (κ3) is 2.07. The maximum absolute atomic E-state index is 12.2. The molecule has 0 aliphatic carbocycles. The molecule has 1 aliphatic rings. The first-order valence-electron chi connectivity index (χ1n) is 6.61. The summed E-state index contributed by atoms with van der Waals surface area (Å²) >= 11 is 1.66. The van der Waals surface area contributed by atoms with E-state index in [4.69, 9.17) is 0 Å². The molecular weight excluding hydrogens is 266 g/mol. The molecule has 1 saturated heterocycles. The molecule has 2 atom stereocenters. The lowest BCUT2D eigenvalue weighted by atomic mass is 10.0. The van der Waals surface area contributed by atoms with Crippen LogP contribution in [0.4, 0.5) is 0 Å². The molecule has 3 heteroatoms. The van der Waals surface area contributed by atoms with Gasteiger partial charge in [-0.05, 0) is 30.2 Å². The Labute approximate surface area is 123 Å². The van der Waals surface area contributed by atoms with Gasteiger partial charge in [0.1, 0.15) is 5.37 Å². The van der Waals surface area contributed by atoms with E-state index in [9.17, 15) is 4.79 Å². The largest absolute Gasteiger partial charge is 0.273 e. The Morgan fingerprint density at radius 2 is 1.90 bits per heavy atom. The molecular formula is C17H15NOS. The minimum absolute atomic E-state index is 0.0175. The van der Waals surface area contributed by atoms with Crippen LogP contribution in [0, 0.1) is 12.0 Å². The van der Waals surface area contributed by atoms with Crippen LogP contribution in [0.1, 0.15) is 24.8 Å². The van der Waals surface area contributed by atoms with E-state index in [0.29, 0.717) is 0 Å². The Balaban J connectivity index is 2.14. The van der Waals surface area contributed by atoms with E-state index >= 15 is 0 Å². The highest BCUT2D eigenvalue weighted by Crippen LogP contribution is 2.44. The summed E-state index contributed by atoms with van der Waals surface area (Å²) in [4.78, 5) is 13.9. The van der Waals surface area contributed by atoms with E-state index in [1.54, 1.807) is 23.6 Å². The minimum Gasteiger partial charge on any atom is -0.273 e. The van der Waals surface area contributed by atoms with Gasteiger partial charge in [0.25, 0.3) is 0 Å². The summed E-state index contributed by atoms with van der Waals surface area (Å²) in [7, 11) is 0. The van der Waals surface area contributed by atoms with Crippen molar-refractivity contribution in [1.29, 1.82) is 0 Å². The second-order valence-corrected chi connectivity index (χ2v) is 6.19. The van der Waals surface area contributed by atoms with Crippen LogP contribution in [0.25, 0.3) is 10.8 Å². The molecule has 2 aromatic carbocycles. The molecule has 20 heavy (non-hydrogen) atoms. The lowest BCUT2D eigenvalue weighted by molar-refractivity contribution is -0.126. The smallest absolute Gasteiger partial charge is 0.248 e. The predicted octanol–water partition coefficient (Wildman–Crippen LogP) is 3.78. The third-order valence-corrected chi connectivity index (χ3v) is 4.81. The van der Waals surface area contributed by atoms with Gasteiger partial charge in [-0.3, -0.25) is 9.69 Å². The van der Waals surface area contributed by atoms with E-state index < -0.39 is 0 Å². The molecule has 0 N–H and O–H groups in total. The van der Waals surface area contributed by atoms with Crippen molar-refractivity contribution in [2.45, 2.75) is 24.5 Å². The van der Waals surface area contributed by atoms with Gasteiger partial charge in [-0.15, -0.1) is 11.8 Å². The summed E-state index contributed by atoms with van der Waals surface area (Å²) in [6.07, 6.45) is 0. The Bertz CT molecular complexity index is 723.